The molecule has 0 saturated carbocycles. The Morgan fingerprint density at radius 2 is 1.67 bits per heavy atom. The van der Waals surface area contributed by atoms with Crippen LogP contribution in [0.5, 0.6) is 0 Å². The van der Waals surface area contributed by atoms with Crippen molar-refractivity contribution in [1.82, 2.24) is 10.2 Å². The third-order valence-corrected chi connectivity index (χ3v) is 5.01. The number of benzene rings is 2. The van der Waals surface area contributed by atoms with Crippen LogP contribution in [-0.2, 0) is 4.79 Å². The van der Waals surface area contributed by atoms with Gasteiger partial charge in [-0.25, -0.2) is 0 Å². The molecule has 1 N–H and O–H groups in total. The maximum Gasteiger partial charge on any atom is 0.223 e. The Labute approximate surface area is 144 Å². The number of likely N-dealkylation sites (tertiary alicyclic amines) is 1. The van der Waals surface area contributed by atoms with Gasteiger partial charge in [0.2, 0.25) is 5.91 Å². The van der Waals surface area contributed by atoms with Gasteiger partial charge < -0.3 is 10.2 Å². The predicted molar refractivity (Wildman–Crippen MR) is 97.8 cm³/mol. The van der Waals surface area contributed by atoms with Gasteiger partial charge >= 0.3 is 0 Å². The fourth-order valence-corrected chi connectivity index (χ4v) is 3.43. The Morgan fingerprint density at radius 3 is 2.33 bits per heavy atom. The summed E-state index contributed by atoms with van der Waals surface area (Å²) in [4.78, 5) is 15.1. The smallest absolute Gasteiger partial charge is 0.223 e. The van der Waals surface area contributed by atoms with Crippen molar-refractivity contribution < 1.29 is 4.79 Å². The van der Waals surface area contributed by atoms with Gasteiger partial charge in [-0.05, 0) is 56.6 Å². The molecule has 1 atom stereocenters. The molecule has 1 aliphatic rings. The average molecular weight is 322 g/mol. The van der Waals surface area contributed by atoms with Gasteiger partial charge in [-0.2, -0.15) is 0 Å². The van der Waals surface area contributed by atoms with Gasteiger partial charge in [0.1, 0.15) is 0 Å². The zero-order valence-electron chi connectivity index (χ0n) is 14.5. The van der Waals surface area contributed by atoms with E-state index in [1.807, 2.05) is 30.3 Å². The van der Waals surface area contributed by atoms with E-state index in [2.05, 4.69) is 48.5 Å². The normalized spacial score (nSPS) is 17.4. The summed E-state index contributed by atoms with van der Waals surface area (Å²) in [5.41, 5.74) is 3.51. The van der Waals surface area contributed by atoms with E-state index in [-0.39, 0.29) is 17.9 Å². The number of piperidine rings is 1. The van der Waals surface area contributed by atoms with Crippen molar-refractivity contribution in [3.05, 3.63) is 71.3 Å². The minimum atomic E-state index is -0.0837. The van der Waals surface area contributed by atoms with Gasteiger partial charge in [0.15, 0.2) is 0 Å². The summed E-state index contributed by atoms with van der Waals surface area (Å²) in [5.74, 6) is 0.302. The van der Waals surface area contributed by atoms with Gasteiger partial charge in [-0.15, -0.1) is 0 Å². The Morgan fingerprint density at radius 1 is 1.04 bits per heavy atom. The summed E-state index contributed by atoms with van der Waals surface area (Å²) in [6.45, 7) is 4.10. The second-order valence-electron chi connectivity index (χ2n) is 6.79. The van der Waals surface area contributed by atoms with Gasteiger partial charge in [0, 0.05) is 5.92 Å². The minimum absolute atomic E-state index is 0.0837. The van der Waals surface area contributed by atoms with Crippen LogP contribution in [0.25, 0.3) is 0 Å². The molecule has 3 rings (SSSR count). The zero-order chi connectivity index (χ0) is 16.9. The van der Waals surface area contributed by atoms with Crippen molar-refractivity contribution in [2.45, 2.75) is 25.8 Å². The second-order valence-corrected chi connectivity index (χ2v) is 6.79. The van der Waals surface area contributed by atoms with Crippen LogP contribution in [0.1, 0.15) is 35.6 Å². The summed E-state index contributed by atoms with van der Waals surface area (Å²) in [6.07, 6.45) is 1.88. The van der Waals surface area contributed by atoms with Crippen molar-refractivity contribution >= 4 is 5.91 Å². The molecular weight excluding hydrogens is 296 g/mol. The maximum absolute atomic E-state index is 12.8. The molecule has 1 heterocycles. The highest BCUT2D eigenvalue weighted by Gasteiger charge is 2.26. The molecular formula is C21H26N2O. The number of hydrogen-bond acceptors (Lipinski definition) is 2. The number of rotatable bonds is 4. The van der Waals surface area contributed by atoms with E-state index >= 15 is 0 Å². The molecule has 2 aromatic carbocycles. The molecule has 0 aromatic heterocycles. The number of hydrogen-bond donors (Lipinski definition) is 1. The average Bonchev–Trinajstić information content (AvgIpc) is 2.61. The molecule has 0 unspecified atom stereocenters. The highest BCUT2D eigenvalue weighted by atomic mass is 16.1. The number of nitrogens with one attached hydrogen (secondary N) is 1. The Bertz CT molecular complexity index is 675. The first-order chi connectivity index (χ1) is 11.6. The maximum atomic E-state index is 12.8. The zero-order valence-corrected chi connectivity index (χ0v) is 14.5. The minimum Gasteiger partial charge on any atom is -0.345 e. The van der Waals surface area contributed by atoms with Gasteiger partial charge in [-0.1, -0.05) is 54.6 Å². The lowest BCUT2D eigenvalue weighted by atomic mass is 9.92. The highest BCUT2D eigenvalue weighted by Crippen LogP contribution is 2.26. The topological polar surface area (TPSA) is 32.3 Å². The van der Waals surface area contributed by atoms with Crippen molar-refractivity contribution in [2.75, 3.05) is 20.1 Å². The molecule has 0 bridgehead atoms. The predicted octanol–water partition coefficient (Wildman–Crippen LogP) is 3.54. The van der Waals surface area contributed by atoms with Crippen molar-refractivity contribution in [2.24, 2.45) is 5.92 Å². The van der Waals surface area contributed by atoms with Crippen LogP contribution in [0, 0.1) is 12.8 Å². The van der Waals surface area contributed by atoms with Crippen molar-refractivity contribution in [3.63, 3.8) is 0 Å². The molecule has 0 aliphatic carbocycles. The van der Waals surface area contributed by atoms with Crippen LogP contribution >= 0.6 is 0 Å². The Kier molecular flexibility index (Phi) is 5.31. The first-order valence-corrected chi connectivity index (χ1v) is 8.74. The van der Waals surface area contributed by atoms with Crippen LogP contribution < -0.4 is 5.32 Å². The molecule has 1 amide bonds. The lowest BCUT2D eigenvalue weighted by molar-refractivity contribution is -0.126. The lowest BCUT2D eigenvalue weighted by Crippen LogP contribution is -2.40. The van der Waals surface area contributed by atoms with E-state index in [1.54, 1.807) is 0 Å². The van der Waals surface area contributed by atoms with Crippen LogP contribution in [-0.4, -0.2) is 30.9 Å². The molecule has 1 saturated heterocycles. The lowest BCUT2D eigenvalue weighted by Gasteiger charge is -2.30. The number of amides is 1. The third kappa shape index (κ3) is 3.85. The molecule has 0 spiro atoms. The number of aryl methyl sites for hydroxylation is 1. The molecule has 24 heavy (non-hydrogen) atoms. The quantitative estimate of drug-likeness (QED) is 0.934. The molecule has 1 fully saturated rings. The van der Waals surface area contributed by atoms with Crippen LogP contribution in [0.4, 0.5) is 0 Å². The molecule has 3 heteroatoms. The van der Waals surface area contributed by atoms with E-state index in [0.29, 0.717) is 0 Å². The molecule has 0 radical (unpaired) electrons. The fourth-order valence-electron chi connectivity index (χ4n) is 3.43. The van der Waals surface area contributed by atoms with Gasteiger partial charge in [-0.3, -0.25) is 4.79 Å². The summed E-state index contributed by atoms with van der Waals surface area (Å²) in [5, 5.41) is 3.32. The number of carbonyl (C=O) groups excluding carboxylic acids is 1. The van der Waals surface area contributed by atoms with Crippen LogP contribution in [0.3, 0.4) is 0 Å². The van der Waals surface area contributed by atoms with Gasteiger partial charge in [0.05, 0.1) is 6.04 Å². The monoisotopic (exact) mass is 322 g/mol. The van der Waals surface area contributed by atoms with E-state index in [9.17, 15) is 4.79 Å². The van der Waals surface area contributed by atoms with Crippen molar-refractivity contribution in [1.29, 1.82) is 0 Å². The molecule has 2 aromatic rings. The fraction of sp³-hybridized carbons (Fsp3) is 0.381. The summed E-state index contributed by atoms with van der Waals surface area (Å²) >= 11 is 0. The summed E-state index contributed by atoms with van der Waals surface area (Å²) in [7, 11) is 2.12. The van der Waals surface area contributed by atoms with Gasteiger partial charge in [0.25, 0.3) is 0 Å². The number of nitrogens with zero attached hydrogens (tertiary/aromatic N) is 1. The highest BCUT2D eigenvalue weighted by molar-refractivity contribution is 5.79. The first kappa shape index (κ1) is 16.7. The summed E-state index contributed by atoms with van der Waals surface area (Å²) < 4.78 is 0. The standard InChI is InChI=1S/C21H26N2O/c1-16-8-6-7-11-19(16)20(17-9-4-3-5-10-17)22-21(24)18-12-14-23(2)15-13-18/h3-11,18,20H,12-15H2,1-2H3,(H,22,24)/t20-/m1/s1. The second kappa shape index (κ2) is 7.63. The van der Waals surface area contributed by atoms with E-state index < -0.39 is 0 Å². The largest absolute Gasteiger partial charge is 0.345 e. The molecule has 3 nitrogen and oxygen atoms in total. The summed E-state index contributed by atoms with van der Waals surface area (Å²) in [6, 6.07) is 18.5. The Hall–Kier alpha value is -2.13. The van der Waals surface area contributed by atoms with Crippen molar-refractivity contribution in [3.8, 4) is 0 Å². The number of carbonyl (C=O) groups is 1. The van der Waals surface area contributed by atoms with Crippen LogP contribution in [0.2, 0.25) is 0 Å². The van der Waals surface area contributed by atoms with E-state index in [0.717, 1.165) is 31.5 Å². The van der Waals surface area contributed by atoms with Crippen LogP contribution in [0.15, 0.2) is 54.6 Å². The SMILES string of the molecule is Cc1ccccc1[C@H](NC(=O)C1CCN(C)CC1)c1ccccc1. The van der Waals surface area contributed by atoms with E-state index in [1.165, 1.54) is 11.1 Å². The first-order valence-electron chi connectivity index (χ1n) is 8.74. The molecule has 1 aliphatic heterocycles. The molecule has 126 valence electrons. The third-order valence-electron chi connectivity index (χ3n) is 5.01. The Balaban J connectivity index is 1.83. The van der Waals surface area contributed by atoms with E-state index in [4.69, 9.17) is 0 Å².